The summed E-state index contributed by atoms with van der Waals surface area (Å²) in [5.41, 5.74) is 0. The summed E-state index contributed by atoms with van der Waals surface area (Å²) in [7, 11) is 1.68. The molecule has 0 aromatic carbocycles. The molecule has 0 bridgehead atoms. The van der Waals surface area contributed by atoms with Gasteiger partial charge in [-0.1, -0.05) is 0 Å². The summed E-state index contributed by atoms with van der Waals surface area (Å²) in [6.45, 7) is 2.87. The molecule has 2 aliphatic heterocycles. The fourth-order valence-electron chi connectivity index (χ4n) is 1.24. The third-order valence-electron chi connectivity index (χ3n) is 1.98. The Labute approximate surface area is 74.0 Å². The third kappa shape index (κ3) is 4.04. The van der Waals surface area contributed by atoms with E-state index in [1.165, 1.54) is 12.8 Å². The van der Waals surface area contributed by atoms with E-state index in [1.54, 1.807) is 7.11 Å². The van der Waals surface area contributed by atoms with Crippen molar-refractivity contribution < 1.29 is 14.2 Å². The zero-order chi connectivity index (χ0) is 8.65. The molecule has 1 unspecified atom stereocenters. The van der Waals surface area contributed by atoms with Crippen LogP contribution in [0.25, 0.3) is 0 Å². The highest BCUT2D eigenvalue weighted by Gasteiger charge is 2.12. The topological polar surface area (TPSA) is 27.7 Å². The van der Waals surface area contributed by atoms with Gasteiger partial charge in [-0.15, -0.1) is 0 Å². The molecule has 0 aromatic heterocycles. The Bertz CT molecular complexity index is 88.3. The molecular weight excluding hydrogens is 156 g/mol. The Morgan fingerprint density at radius 1 is 1.08 bits per heavy atom. The lowest BCUT2D eigenvalue weighted by molar-refractivity contribution is -0.0880. The molecule has 12 heavy (non-hydrogen) atoms. The number of hydrogen-bond acceptors (Lipinski definition) is 3. The quantitative estimate of drug-likeness (QED) is 0.604. The first-order chi connectivity index (χ1) is 5.93. The van der Waals surface area contributed by atoms with Gasteiger partial charge in [-0.3, -0.25) is 0 Å². The van der Waals surface area contributed by atoms with Gasteiger partial charge in [-0.25, -0.2) is 0 Å². The molecule has 72 valence electrons. The standard InChI is InChI=1S/C5H10O2.C4H8O/c1-6-5-3-2-4-7-5;1-2-4-5-3-1/h5H,2-4H2,1H3;1-4H2. The van der Waals surface area contributed by atoms with Crippen LogP contribution < -0.4 is 0 Å². The van der Waals surface area contributed by atoms with Crippen LogP contribution in [-0.4, -0.2) is 33.2 Å². The summed E-state index contributed by atoms with van der Waals surface area (Å²) in [5, 5.41) is 0. The van der Waals surface area contributed by atoms with Gasteiger partial charge in [0.15, 0.2) is 6.29 Å². The van der Waals surface area contributed by atoms with E-state index in [2.05, 4.69) is 0 Å². The van der Waals surface area contributed by atoms with Crippen molar-refractivity contribution in [2.24, 2.45) is 0 Å². The summed E-state index contributed by atoms with van der Waals surface area (Å²) in [6, 6.07) is 0. The van der Waals surface area contributed by atoms with Gasteiger partial charge in [0.05, 0.1) is 0 Å². The van der Waals surface area contributed by atoms with Crippen LogP contribution in [0.4, 0.5) is 0 Å². The van der Waals surface area contributed by atoms with Crippen LogP contribution in [0.1, 0.15) is 25.7 Å². The molecule has 0 spiro atoms. The average molecular weight is 174 g/mol. The minimum Gasteiger partial charge on any atom is -0.381 e. The molecule has 0 saturated carbocycles. The fourth-order valence-corrected chi connectivity index (χ4v) is 1.24. The van der Waals surface area contributed by atoms with E-state index in [1.807, 2.05) is 0 Å². The first-order valence-electron chi connectivity index (χ1n) is 4.65. The average Bonchev–Trinajstić information content (AvgIpc) is 2.81. The molecule has 2 aliphatic rings. The highest BCUT2D eigenvalue weighted by atomic mass is 16.7. The SMILES string of the molecule is C1CCOC1.COC1CCCO1. The Balaban J connectivity index is 0.000000127. The van der Waals surface area contributed by atoms with Gasteiger partial charge in [0, 0.05) is 33.4 Å². The zero-order valence-electron chi connectivity index (χ0n) is 7.75. The highest BCUT2D eigenvalue weighted by Crippen LogP contribution is 2.10. The second kappa shape index (κ2) is 6.40. The van der Waals surface area contributed by atoms with Crippen LogP contribution in [0.3, 0.4) is 0 Å². The van der Waals surface area contributed by atoms with E-state index in [-0.39, 0.29) is 6.29 Å². The van der Waals surface area contributed by atoms with Gasteiger partial charge in [-0.2, -0.15) is 0 Å². The van der Waals surface area contributed by atoms with Crippen molar-refractivity contribution in [2.45, 2.75) is 32.0 Å². The zero-order valence-corrected chi connectivity index (χ0v) is 7.75. The number of rotatable bonds is 1. The summed E-state index contributed by atoms with van der Waals surface area (Å²) in [5.74, 6) is 0. The lowest BCUT2D eigenvalue weighted by Crippen LogP contribution is -2.05. The summed E-state index contributed by atoms with van der Waals surface area (Å²) in [4.78, 5) is 0. The monoisotopic (exact) mass is 174 g/mol. The number of ether oxygens (including phenoxy) is 3. The minimum atomic E-state index is 0.0972. The first kappa shape index (κ1) is 9.96. The van der Waals surface area contributed by atoms with Gasteiger partial charge < -0.3 is 14.2 Å². The Morgan fingerprint density at radius 3 is 2.08 bits per heavy atom. The second-order valence-corrected chi connectivity index (χ2v) is 3.00. The van der Waals surface area contributed by atoms with E-state index in [9.17, 15) is 0 Å². The Kier molecular flexibility index (Phi) is 5.32. The van der Waals surface area contributed by atoms with Crippen molar-refractivity contribution in [1.82, 2.24) is 0 Å². The molecule has 2 rings (SSSR count). The highest BCUT2D eigenvalue weighted by molar-refractivity contribution is 4.52. The summed E-state index contributed by atoms with van der Waals surface area (Å²) >= 11 is 0. The first-order valence-corrected chi connectivity index (χ1v) is 4.65. The molecule has 2 saturated heterocycles. The maximum Gasteiger partial charge on any atom is 0.157 e. The molecule has 2 heterocycles. The second-order valence-electron chi connectivity index (χ2n) is 3.00. The van der Waals surface area contributed by atoms with E-state index >= 15 is 0 Å². The molecule has 3 heteroatoms. The number of methoxy groups -OCH3 is 1. The van der Waals surface area contributed by atoms with Gasteiger partial charge in [-0.05, 0) is 19.3 Å². The van der Waals surface area contributed by atoms with Crippen molar-refractivity contribution >= 4 is 0 Å². The molecule has 1 atom stereocenters. The smallest absolute Gasteiger partial charge is 0.157 e. The summed E-state index contributed by atoms with van der Waals surface area (Å²) in [6.07, 6.45) is 4.87. The van der Waals surface area contributed by atoms with Crippen molar-refractivity contribution in [3.8, 4) is 0 Å². The summed E-state index contributed by atoms with van der Waals surface area (Å²) < 4.78 is 14.9. The predicted octanol–water partition coefficient (Wildman–Crippen LogP) is 1.57. The van der Waals surface area contributed by atoms with Crippen LogP contribution in [0.2, 0.25) is 0 Å². The molecule has 0 aromatic rings. The third-order valence-corrected chi connectivity index (χ3v) is 1.98. The van der Waals surface area contributed by atoms with Gasteiger partial charge in [0.25, 0.3) is 0 Å². The van der Waals surface area contributed by atoms with Crippen LogP contribution in [0.15, 0.2) is 0 Å². The van der Waals surface area contributed by atoms with E-state index in [0.717, 1.165) is 32.7 Å². The van der Waals surface area contributed by atoms with Gasteiger partial charge >= 0.3 is 0 Å². The van der Waals surface area contributed by atoms with Gasteiger partial charge in [0.2, 0.25) is 0 Å². The lowest BCUT2D eigenvalue weighted by atomic mass is 10.4. The molecule has 0 radical (unpaired) electrons. The number of hydrogen-bond donors (Lipinski definition) is 0. The Morgan fingerprint density at radius 2 is 1.83 bits per heavy atom. The van der Waals surface area contributed by atoms with Crippen LogP contribution in [0, 0.1) is 0 Å². The molecule has 2 fully saturated rings. The van der Waals surface area contributed by atoms with Crippen LogP contribution >= 0.6 is 0 Å². The van der Waals surface area contributed by atoms with Crippen LogP contribution in [-0.2, 0) is 14.2 Å². The van der Waals surface area contributed by atoms with E-state index in [4.69, 9.17) is 14.2 Å². The molecule has 3 nitrogen and oxygen atoms in total. The van der Waals surface area contributed by atoms with E-state index in [0.29, 0.717) is 0 Å². The lowest BCUT2D eigenvalue weighted by Gasteiger charge is -2.03. The van der Waals surface area contributed by atoms with Crippen molar-refractivity contribution in [3.63, 3.8) is 0 Å². The maximum atomic E-state index is 5.08. The molecule has 0 N–H and O–H groups in total. The van der Waals surface area contributed by atoms with Crippen LogP contribution in [0.5, 0.6) is 0 Å². The fraction of sp³-hybridized carbons (Fsp3) is 1.00. The Hall–Kier alpha value is -0.120. The minimum absolute atomic E-state index is 0.0972. The normalized spacial score (nSPS) is 28.2. The maximum absolute atomic E-state index is 5.08. The molecule has 0 amide bonds. The van der Waals surface area contributed by atoms with Gasteiger partial charge in [0.1, 0.15) is 0 Å². The van der Waals surface area contributed by atoms with Crippen molar-refractivity contribution in [3.05, 3.63) is 0 Å². The van der Waals surface area contributed by atoms with E-state index < -0.39 is 0 Å². The largest absolute Gasteiger partial charge is 0.381 e. The predicted molar refractivity (Wildman–Crippen MR) is 46.0 cm³/mol. The van der Waals surface area contributed by atoms with Crippen molar-refractivity contribution in [1.29, 1.82) is 0 Å². The molecular formula is C9H18O3. The van der Waals surface area contributed by atoms with Crippen molar-refractivity contribution in [2.75, 3.05) is 26.9 Å². The molecule has 0 aliphatic carbocycles.